The number of nitrogens with one attached hydrogen (secondary N) is 1. The highest BCUT2D eigenvalue weighted by Crippen LogP contribution is 2.13. The number of carbonyl (C=O) groups is 1. The summed E-state index contributed by atoms with van der Waals surface area (Å²) in [4.78, 5) is 11.0. The maximum absolute atomic E-state index is 11.0. The van der Waals surface area contributed by atoms with Crippen LogP contribution in [0.2, 0.25) is 0 Å². The van der Waals surface area contributed by atoms with E-state index in [0.29, 0.717) is 18.7 Å². The van der Waals surface area contributed by atoms with Crippen molar-refractivity contribution in [2.75, 3.05) is 25.6 Å². The molecule has 1 aromatic carbocycles. The van der Waals surface area contributed by atoms with Crippen LogP contribution in [0.15, 0.2) is 24.3 Å². The molecule has 1 aromatic rings. The number of carbonyl (C=O) groups excluding carboxylic acids is 1. The van der Waals surface area contributed by atoms with Crippen molar-refractivity contribution >= 4 is 11.6 Å². The first-order valence-electron chi connectivity index (χ1n) is 4.37. The fourth-order valence-corrected chi connectivity index (χ4v) is 1.14. The minimum absolute atomic E-state index is 0.425. The van der Waals surface area contributed by atoms with Crippen LogP contribution in [0.5, 0.6) is 0 Å². The normalized spacial score (nSPS) is 9.79. The lowest BCUT2D eigenvalue weighted by atomic mass is 10.1. The summed E-state index contributed by atoms with van der Waals surface area (Å²) >= 11 is 0. The third-order valence-electron chi connectivity index (χ3n) is 1.81. The molecule has 1 amide bonds. The summed E-state index contributed by atoms with van der Waals surface area (Å²) in [5.41, 5.74) is 6.46. The molecule has 0 aliphatic heterocycles. The number of ether oxygens (including phenoxy) is 1. The summed E-state index contributed by atoms with van der Waals surface area (Å²) in [6, 6.07) is 7.14. The summed E-state index contributed by atoms with van der Waals surface area (Å²) in [5.74, 6) is -0.425. The van der Waals surface area contributed by atoms with Gasteiger partial charge in [-0.2, -0.15) is 0 Å². The molecule has 0 aliphatic carbocycles. The second kappa shape index (κ2) is 5.24. The van der Waals surface area contributed by atoms with E-state index >= 15 is 0 Å². The molecule has 0 saturated carbocycles. The number of benzene rings is 1. The van der Waals surface area contributed by atoms with Crippen molar-refractivity contribution in [2.24, 2.45) is 5.73 Å². The van der Waals surface area contributed by atoms with E-state index in [4.69, 9.17) is 10.5 Å². The number of rotatable bonds is 5. The molecule has 1 rings (SSSR count). The number of methoxy groups -OCH3 is 1. The van der Waals surface area contributed by atoms with E-state index in [1.807, 2.05) is 12.1 Å². The highest BCUT2D eigenvalue weighted by molar-refractivity contribution is 5.98. The summed E-state index contributed by atoms with van der Waals surface area (Å²) < 4.78 is 4.89. The predicted molar refractivity (Wildman–Crippen MR) is 55.3 cm³/mol. The standard InChI is InChI=1S/C10H14N2O2/c1-14-7-6-12-9-5-3-2-4-8(9)10(11)13/h2-5,12H,6-7H2,1H3,(H2,11,13). The van der Waals surface area contributed by atoms with Gasteiger partial charge in [0, 0.05) is 19.3 Å². The largest absolute Gasteiger partial charge is 0.383 e. The Labute approximate surface area is 83.1 Å². The van der Waals surface area contributed by atoms with E-state index < -0.39 is 5.91 Å². The van der Waals surface area contributed by atoms with Gasteiger partial charge >= 0.3 is 0 Å². The molecular weight excluding hydrogens is 180 g/mol. The van der Waals surface area contributed by atoms with Crippen LogP contribution < -0.4 is 11.1 Å². The van der Waals surface area contributed by atoms with Crippen molar-refractivity contribution in [1.29, 1.82) is 0 Å². The predicted octanol–water partition coefficient (Wildman–Crippen LogP) is 0.844. The summed E-state index contributed by atoms with van der Waals surface area (Å²) in [7, 11) is 1.63. The second-order valence-electron chi connectivity index (χ2n) is 2.83. The van der Waals surface area contributed by atoms with Crippen LogP contribution in [-0.4, -0.2) is 26.2 Å². The van der Waals surface area contributed by atoms with E-state index in [2.05, 4.69) is 5.32 Å². The molecule has 0 aromatic heterocycles. The van der Waals surface area contributed by atoms with Gasteiger partial charge in [0.15, 0.2) is 0 Å². The highest BCUT2D eigenvalue weighted by atomic mass is 16.5. The topological polar surface area (TPSA) is 64.3 Å². The molecule has 3 N–H and O–H groups in total. The number of anilines is 1. The monoisotopic (exact) mass is 194 g/mol. The van der Waals surface area contributed by atoms with Gasteiger partial charge in [0.2, 0.25) is 0 Å². The molecule has 0 radical (unpaired) electrons. The molecule has 0 bridgehead atoms. The van der Waals surface area contributed by atoms with Crippen LogP contribution in [-0.2, 0) is 4.74 Å². The van der Waals surface area contributed by atoms with Gasteiger partial charge in [0.05, 0.1) is 12.2 Å². The SMILES string of the molecule is COCCNc1ccccc1C(N)=O. The van der Waals surface area contributed by atoms with Gasteiger partial charge < -0.3 is 15.8 Å². The minimum atomic E-state index is -0.425. The molecule has 76 valence electrons. The average Bonchev–Trinajstić information content (AvgIpc) is 2.19. The van der Waals surface area contributed by atoms with Crippen LogP contribution in [0, 0.1) is 0 Å². The van der Waals surface area contributed by atoms with Gasteiger partial charge in [0.25, 0.3) is 5.91 Å². The molecule has 0 unspecified atom stereocenters. The Morgan fingerprint density at radius 3 is 2.86 bits per heavy atom. The molecule has 4 heteroatoms. The van der Waals surface area contributed by atoms with E-state index in [9.17, 15) is 4.79 Å². The Morgan fingerprint density at radius 2 is 2.21 bits per heavy atom. The maximum Gasteiger partial charge on any atom is 0.250 e. The molecule has 14 heavy (non-hydrogen) atoms. The van der Waals surface area contributed by atoms with Crippen molar-refractivity contribution in [3.8, 4) is 0 Å². The van der Waals surface area contributed by atoms with Gasteiger partial charge in [-0.05, 0) is 12.1 Å². The first-order valence-corrected chi connectivity index (χ1v) is 4.37. The van der Waals surface area contributed by atoms with E-state index in [-0.39, 0.29) is 0 Å². The van der Waals surface area contributed by atoms with Gasteiger partial charge in [0.1, 0.15) is 0 Å². The van der Waals surface area contributed by atoms with Crippen LogP contribution in [0.1, 0.15) is 10.4 Å². The summed E-state index contributed by atoms with van der Waals surface area (Å²) in [5, 5.41) is 3.07. The molecular formula is C10H14N2O2. The Bertz CT molecular complexity index is 313. The molecule has 0 atom stereocenters. The van der Waals surface area contributed by atoms with Gasteiger partial charge in [-0.15, -0.1) is 0 Å². The van der Waals surface area contributed by atoms with Gasteiger partial charge in [-0.3, -0.25) is 4.79 Å². The lowest BCUT2D eigenvalue weighted by molar-refractivity contribution is 0.100. The molecule has 0 heterocycles. The number of hydrogen-bond acceptors (Lipinski definition) is 3. The third kappa shape index (κ3) is 2.74. The Hall–Kier alpha value is -1.55. The fraction of sp³-hybridized carbons (Fsp3) is 0.300. The van der Waals surface area contributed by atoms with Crippen LogP contribution in [0.4, 0.5) is 5.69 Å². The zero-order valence-electron chi connectivity index (χ0n) is 8.12. The van der Waals surface area contributed by atoms with Crippen molar-refractivity contribution in [2.45, 2.75) is 0 Å². The lowest BCUT2D eigenvalue weighted by Crippen LogP contribution is -2.16. The number of hydrogen-bond donors (Lipinski definition) is 2. The zero-order chi connectivity index (χ0) is 10.4. The Kier molecular flexibility index (Phi) is 3.94. The second-order valence-corrected chi connectivity index (χ2v) is 2.83. The molecule has 0 fully saturated rings. The number of nitrogens with two attached hydrogens (primary N) is 1. The molecule has 4 nitrogen and oxygen atoms in total. The maximum atomic E-state index is 11.0. The zero-order valence-corrected chi connectivity index (χ0v) is 8.12. The summed E-state index contributed by atoms with van der Waals surface area (Å²) in [6.07, 6.45) is 0. The van der Waals surface area contributed by atoms with Crippen molar-refractivity contribution < 1.29 is 9.53 Å². The Morgan fingerprint density at radius 1 is 1.50 bits per heavy atom. The number of amides is 1. The molecule has 0 spiro atoms. The third-order valence-corrected chi connectivity index (χ3v) is 1.81. The lowest BCUT2D eigenvalue weighted by Gasteiger charge is -2.08. The van der Waals surface area contributed by atoms with Crippen molar-refractivity contribution in [3.63, 3.8) is 0 Å². The van der Waals surface area contributed by atoms with Crippen molar-refractivity contribution in [3.05, 3.63) is 29.8 Å². The molecule has 0 aliphatic rings. The Balaban J connectivity index is 2.69. The van der Waals surface area contributed by atoms with Gasteiger partial charge in [-0.1, -0.05) is 12.1 Å². The average molecular weight is 194 g/mol. The van der Waals surface area contributed by atoms with Crippen LogP contribution in [0.3, 0.4) is 0 Å². The first-order chi connectivity index (χ1) is 6.75. The smallest absolute Gasteiger partial charge is 0.250 e. The fourth-order valence-electron chi connectivity index (χ4n) is 1.14. The highest BCUT2D eigenvalue weighted by Gasteiger charge is 2.05. The van der Waals surface area contributed by atoms with Crippen LogP contribution >= 0.6 is 0 Å². The van der Waals surface area contributed by atoms with Crippen LogP contribution in [0.25, 0.3) is 0 Å². The minimum Gasteiger partial charge on any atom is -0.383 e. The van der Waals surface area contributed by atoms with Gasteiger partial charge in [-0.25, -0.2) is 0 Å². The van der Waals surface area contributed by atoms with E-state index in [1.165, 1.54) is 0 Å². The summed E-state index contributed by atoms with van der Waals surface area (Å²) in [6.45, 7) is 1.24. The first kappa shape index (κ1) is 10.5. The quantitative estimate of drug-likeness (QED) is 0.683. The molecule has 0 saturated heterocycles. The number of para-hydroxylation sites is 1. The van der Waals surface area contributed by atoms with E-state index in [1.54, 1.807) is 19.2 Å². The number of primary amides is 1. The van der Waals surface area contributed by atoms with Crippen molar-refractivity contribution in [1.82, 2.24) is 0 Å². The van der Waals surface area contributed by atoms with E-state index in [0.717, 1.165) is 5.69 Å².